The molecule has 2 unspecified atom stereocenters. The van der Waals surface area contributed by atoms with Crippen LogP contribution >= 0.6 is 8.07 Å². The molecule has 3 aromatic rings. The smallest absolute Gasteiger partial charge is 0.0450 e. The first-order chi connectivity index (χ1) is 12.4. The lowest BCUT2D eigenvalue weighted by molar-refractivity contribution is 1.18. The van der Waals surface area contributed by atoms with Crippen molar-refractivity contribution in [1.29, 1.82) is 0 Å². The number of hydrogen-bond donors (Lipinski definition) is 0. The first kappa shape index (κ1) is 15.9. The number of anilines is 2. The lowest BCUT2D eigenvalue weighted by atomic mass is 10.1. The van der Waals surface area contributed by atoms with Crippen molar-refractivity contribution in [3.05, 3.63) is 121 Å². The Morgan fingerprint density at radius 1 is 0.600 bits per heavy atom. The van der Waals surface area contributed by atoms with Crippen molar-refractivity contribution < 1.29 is 0 Å². The molecule has 0 N–H and O–H groups in total. The molecule has 0 radical (unpaired) electrons. The van der Waals surface area contributed by atoms with Gasteiger partial charge in [0, 0.05) is 25.1 Å². The van der Waals surface area contributed by atoms with Gasteiger partial charge in [-0.25, -0.2) is 0 Å². The van der Waals surface area contributed by atoms with E-state index in [1.54, 1.807) is 0 Å². The zero-order valence-electron chi connectivity index (χ0n) is 13.9. The fourth-order valence-corrected chi connectivity index (χ4v) is 5.54. The van der Waals surface area contributed by atoms with E-state index in [0.717, 1.165) is 0 Å². The van der Waals surface area contributed by atoms with Gasteiger partial charge < -0.3 is 4.67 Å². The molecule has 1 heterocycles. The Bertz CT molecular complexity index is 817. The van der Waals surface area contributed by atoms with Crippen LogP contribution in [0.1, 0.15) is 11.2 Å². The topological polar surface area (TPSA) is 3.24 Å². The van der Waals surface area contributed by atoms with Crippen LogP contribution in [0.2, 0.25) is 0 Å². The molecule has 0 bridgehead atoms. The summed E-state index contributed by atoms with van der Waals surface area (Å²) in [7, 11) is -0.561. The van der Waals surface area contributed by atoms with Crippen LogP contribution < -0.4 is 4.67 Å². The van der Waals surface area contributed by atoms with E-state index in [-0.39, 0.29) is 0 Å². The Balaban J connectivity index is 1.81. The summed E-state index contributed by atoms with van der Waals surface area (Å²) in [5.41, 5.74) is 4.22. The van der Waals surface area contributed by atoms with Crippen LogP contribution in [0.25, 0.3) is 0 Å². The van der Waals surface area contributed by atoms with Crippen molar-refractivity contribution in [3.63, 3.8) is 0 Å². The summed E-state index contributed by atoms with van der Waals surface area (Å²) in [5, 5.41) is 0. The second-order valence-electron chi connectivity index (χ2n) is 5.94. The molecular weight excluding hydrogens is 321 g/mol. The summed E-state index contributed by atoms with van der Waals surface area (Å²) in [5.74, 6) is 2.37. The zero-order chi connectivity index (χ0) is 16.9. The summed E-state index contributed by atoms with van der Waals surface area (Å²) in [6, 6.07) is 32.2. The van der Waals surface area contributed by atoms with Crippen molar-refractivity contribution in [2.75, 3.05) is 4.67 Å². The van der Waals surface area contributed by atoms with Gasteiger partial charge in [0.2, 0.25) is 0 Å². The van der Waals surface area contributed by atoms with E-state index >= 15 is 0 Å². The molecule has 2 atom stereocenters. The number of nitrogens with zero attached hydrogens (tertiary/aromatic N) is 1. The highest BCUT2D eigenvalue weighted by atomic mass is 31.1. The van der Waals surface area contributed by atoms with Gasteiger partial charge in [-0.05, 0) is 35.6 Å². The second-order valence-corrected chi connectivity index (χ2v) is 7.96. The van der Waals surface area contributed by atoms with Gasteiger partial charge in [-0.1, -0.05) is 85.0 Å². The molecule has 4 rings (SSSR count). The number of rotatable bonds is 4. The van der Waals surface area contributed by atoms with Crippen molar-refractivity contribution in [2.45, 2.75) is 5.66 Å². The molecule has 25 heavy (non-hydrogen) atoms. The third kappa shape index (κ3) is 3.43. The Morgan fingerprint density at radius 2 is 1.12 bits per heavy atom. The summed E-state index contributed by atoms with van der Waals surface area (Å²) >= 11 is 0. The van der Waals surface area contributed by atoms with Crippen LogP contribution in [0.15, 0.2) is 115 Å². The molecule has 1 aliphatic heterocycles. The van der Waals surface area contributed by atoms with Crippen molar-refractivity contribution in [3.8, 4) is 0 Å². The van der Waals surface area contributed by atoms with Crippen molar-refractivity contribution in [1.82, 2.24) is 0 Å². The monoisotopic (exact) mass is 341 g/mol. The Kier molecular flexibility index (Phi) is 4.77. The van der Waals surface area contributed by atoms with E-state index in [4.69, 9.17) is 0 Å². The lowest BCUT2D eigenvalue weighted by Crippen LogP contribution is -2.14. The summed E-state index contributed by atoms with van der Waals surface area (Å²) in [6.45, 7) is 0. The molecule has 0 saturated carbocycles. The molecule has 0 fully saturated rings. The van der Waals surface area contributed by atoms with Gasteiger partial charge in [0.05, 0.1) is 0 Å². The highest BCUT2D eigenvalue weighted by Crippen LogP contribution is 2.61. The van der Waals surface area contributed by atoms with Crippen LogP contribution in [0.3, 0.4) is 0 Å². The maximum atomic E-state index is 2.49. The van der Waals surface area contributed by atoms with E-state index < -0.39 is 8.07 Å². The molecule has 1 aliphatic rings. The van der Waals surface area contributed by atoms with Gasteiger partial charge in [-0.3, -0.25) is 0 Å². The van der Waals surface area contributed by atoms with Gasteiger partial charge in [0.15, 0.2) is 0 Å². The van der Waals surface area contributed by atoms with Crippen molar-refractivity contribution >= 4 is 19.4 Å². The maximum Gasteiger partial charge on any atom is 0.0450 e. The quantitative estimate of drug-likeness (QED) is 0.460. The zero-order valence-corrected chi connectivity index (χ0v) is 14.8. The molecule has 0 saturated heterocycles. The fourth-order valence-electron chi connectivity index (χ4n) is 3.15. The highest BCUT2D eigenvalue weighted by molar-refractivity contribution is 7.63. The average molecular weight is 341 g/mol. The van der Waals surface area contributed by atoms with Gasteiger partial charge in [-0.15, -0.1) is 0 Å². The standard InChI is InChI=1S/C23H20NP/c1-4-12-20(13-5-1)23-18-10-11-19-25(23)24(21-14-6-2-7-15-21)22-16-8-3-9-17-22/h1-19,23H. The third-order valence-corrected chi connectivity index (χ3v) is 6.74. The SMILES string of the molecule is C1=CC(c2ccccc2)P(N(c2ccccc2)c2ccccc2)C=C1. The van der Waals surface area contributed by atoms with Gasteiger partial charge in [0.25, 0.3) is 0 Å². The van der Waals surface area contributed by atoms with Crippen LogP contribution in [0.4, 0.5) is 11.4 Å². The largest absolute Gasteiger partial charge is 0.315 e. The number of allylic oxidation sites excluding steroid dienone is 3. The Hall–Kier alpha value is -2.63. The molecular formula is C23H20NP. The fraction of sp³-hybridized carbons (Fsp3) is 0.0435. The summed E-state index contributed by atoms with van der Waals surface area (Å²) in [4.78, 5) is 0. The van der Waals surface area contributed by atoms with Crippen molar-refractivity contribution in [2.24, 2.45) is 0 Å². The minimum atomic E-state index is -0.561. The first-order valence-corrected chi connectivity index (χ1v) is 9.95. The van der Waals surface area contributed by atoms with Crippen LogP contribution in [0, 0.1) is 0 Å². The lowest BCUT2D eigenvalue weighted by Gasteiger charge is -2.37. The number of benzene rings is 3. The minimum absolute atomic E-state index is 0.376. The van der Waals surface area contributed by atoms with Crippen LogP contribution in [-0.2, 0) is 0 Å². The summed E-state index contributed by atoms with van der Waals surface area (Å²) < 4.78 is 2.49. The molecule has 0 amide bonds. The molecule has 0 aliphatic carbocycles. The van der Waals surface area contributed by atoms with E-state index in [9.17, 15) is 0 Å². The van der Waals surface area contributed by atoms with E-state index in [1.165, 1.54) is 16.9 Å². The van der Waals surface area contributed by atoms with Gasteiger partial charge >= 0.3 is 0 Å². The second kappa shape index (κ2) is 7.51. The van der Waals surface area contributed by atoms with E-state index in [1.807, 2.05) is 0 Å². The van der Waals surface area contributed by atoms with Crippen LogP contribution in [0.5, 0.6) is 0 Å². The van der Waals surface area contributed by atoms with E-state index in [0.29, 0.717) is 5.66 Å². The molecule has 0 spiro atoms. The number of hydrogen-bond acceptors (Lipinski definition) is 1. The molecule has 3 aromatic carbocycles. The molecule has 2 heteroatoms. The van der Waals surface area contributed by atoms with Crippen LogP contribution in [-0.4, -0.2) is 0 Å². The number of para-hydroxylation sites is 2. The predicted molar refractivity (Wildman–Crippen MR) is 109 cm³/mol. The Labute approximate surface area is 150 Å². The maximum absolute atomic E-state index is 2.49. The first-order valence-electron chi connectivity index (χ1n) is 8.52. The highest BCUT2D eigenvalue weighted by Gasteiger charge is 2.27. The minimum Gasteiger partial charge on any atom is -0.315 e. The predicted octanol–water partition coefficient (Wildman–Crippen LogP) is 7.05. The Morgan fingerprint density at radius 3 is 1.68 bits per heavy atom. The molecule has 1 nitrogen and oxygen atoms in total. The average Bonchev–Trinajstić information content (AvgIpc) is 2.71. The van der Waals surface area contributed by atoms with E-state index in [2.05, 4.69) is 120 Å². The normalized spacial score (nSPS) is 18.9. The van der Waals surface area contributed by atoms with Gasteiger partial charge in [-0.2, -0.15) is 0 Å². The third-order valence-electron chi connectivity index (χ3n) is 4.30. The summed E-state index contributed by atoms with van der Waals surface area (Å²) in [6.07, 6.45) is 6.69. The van der Waals surface area contributed by atoms with Gasteiger partial charge in [0.1, 0.15) is 0 Å². The molecule has 0 aromatic heterocycles. The molecule has 122 valence electrons.